The maximum atomic E-state index is 12.0. The van der Waals surface area contributed by atoms with Crippen molar-refractivity contribution in [1.82, 2.24) is 14.5 Å². The molecule has 88 valence electrons. The molecule has 0 radical (unpaired) electrons. The lowest BCUT2D eigenvalue weighted by Crippen LogP contribution is -2.27. The molecule has 0 saturated carbocycles. The number of fused-ring (bicyclic) bond motifs is 1. The molecule has 2 heterocycles. The van der Waals surface area contributed by atoms with Crippen molar-refractivity contribution in [3.63, 3.8) is 0 Å². The molecule has 3 rings (SSSR count). The molecule has 0 saturated heterocycles. The topological polar surface area (TPSA) is 41.0 Å². The largest absolute Gasteiger partial charge is 0.330 e. The number of aromatic amines is 1. The van der Waals surface area contributed by atoms with Crippen LogP contribution in [0, 0.1) is 0 Å². The van der Waals surface area contributed by atoms with Crippen molar-refractivity contribution in [3.8, 4) is 0 Å². The zero-order valence-corrected chi connectivity index (χ0v) is 9.81. The molecule has 4 nitrogen and oxygen atoms in total. The third-order valence-corrected chi connectivity index (χ3v) is 3.27. The highest BCUT2D eigenvalue weighted by Crippen LogP contribution is 2.18. The monoisotopic (exact) mass is 229 g/mol. The summed E-state index contributed by atoms with van der Waals surface area (Å²) in [6.07, 6.45) is 3.05. The van der Waals surface area contributed by atoms with E-state index in [1.807, 2.05) is 24.3 Å². The van der Waals surface area contributed by atoms with Crippen molar-refractivity contribution in [3.05, 3.63) is 40.8 Å². The molecular weight excluding hydrogens is 214 g/mol. The number of H-pyrrole nitrogens is 1. The number of nitrogens with one attached hydrogen (secondary N) is 1. The predicted molar refractivity (Wildman–Crippen MR) is 68.9 cm³/mol. The summed E-state index contributed by atoms with van der Waals surface area (Å²) in [5.74, 6) is 0. The Morgan fingerprint density at radius 1 is 1.29 bits per heavy atom. The molecule has 1 aliphatic rings. The van der Waals surface area contributed by atoms with Crippen molar-refractivity contribution >= 4 is 16.7 Å². The number of benzene rings is 1. The molecule has 0 atom stereocenters. The third kappa shape index (κ3) is 1.70. The van der Waals surface area contributed by atoms with Gasteiger partial charge in [0.05, 0.1) is 11.0 Å². The number of imidazole rings is 1. The second kappa shape index (κ2) is 3.89. The van der Waals surface area contributed by atoms with Crippen LogP contribution in [0.4, 0.5) is 0 Å². The fourth-order valence-corrected chi connectivity index (χ4v) is 2.30. The Balaban J connectivity index is 2.17. The number of rotatable bonds is 1. The Bertz CT molecular complexity index is 635. The van der Waals surface area contributed by atoms with Crippen molar-refractivity contribution in [1.29, 1.82) is 0 Å². The molecule has 0 fully saturated rings. The average molecular weight is 229 g/mol. The first kappa shape index (κ1) is 10.4. The van der Waals surface area contributed by atoms with Crippen LogP contribution in [0.2, 0.25) is 0 Å². The molecular formula is C13H15N3O. The van der Waals surface area contributed by atoms with E-state index in [-0.39, 0.29) is 5.69 Å². The third-order valence-electron chi connectivity index (χ3n) is 3.27. The van der Waals surface area contributed by atoms with Crippen LogP contribution in [0.5, 0.6) is 0 Å². The van der Waals surface area contributed by atoms with Gasteiger partial charge in [0.25, 0.3) is 0 Å². The van der Waals surface area contributed by atoms with Gasteiger partial charge in [-0.3, -0.25) is 4.57 Å². The van der Waals surface area contributed by atoms with Crippen LogP contribution < -0.4 is 5.69 Å². The van der Waals surface area contributed by atoms with Crippen molar-refractivity contribution in [2.75, 3.05) is 20.1 Å². The van der Waals surface area contributed by atoms with Gasteiger partial charge in [-0.15, -0.1) is 0 Å². The van der Waals surface area contributed by atoms with Gasteiger partial charge in [0.1, 0.15) is 0 Å². The van der Waals surface area contributed by atoms with E-state index in [4.69, 9.17) is 0 Å². The molecule has 0 unspecified atom stereocenters. The summed E-state index contributed by atoms with van der Waals surface area (Å²) in [5, 5.41) is 0. The Kier molecular flexibility index (Phi) is 2.37. The quantitative estimate of drug-likeness (QED) is 0.805. The lowest BCUT2D eigenvalue weighted by molar-refractivity contribution is 0.366. The average Bonchev–Trinajstić information content (AvgIpc) is 2.66. The van der Waals surface area contributed by atoms with E-state index in [1.165, 1.54) is 0 Å². The van der Waals surface area contributed by atoms with Crippen molar-refractivity contribution in [2.24, 2.45) is 0 Å². The smallest absolute Gasteiger partial charge is 0.305 e. The summed E-state index contributed by atoms with van der Waals surface area (Å²) in [7, 11) is 2.09. The van der Waals surface area contributed by atoms with Gasteiger partial charge in [0, 0.05) is 25.2 Å². The number of aromatic nitrogens is 2. The standard InChI is InChI=1S/C13H15N3O/c1-15-8-6-10(7-9-15)16-12-5-3-2-4-11(12)14-13(16)17/h2-6H,7-9H2,1H3,(H,14,17). The number of para-hydroxylation sites is 2. The zero-order valence-electron chi connectivity index (χ0n) is 9.81. The first-order valence-corrected chi connectivity index (χ1v) is 5.83. The van der Waals surface area contributed by atoms with Crippen LogP contribution in [-0.2, 0) is 0 Å². The van der Waals surface area contributed by atoms with Gasteiger partial charge in [0.15, 0.2) is 0 Å². The lowest BCUT2D eigenvalue weighted by Gasteiger charge is -2.22. The van der Waals surface area contributed by atoms with Crippen LogP contribution in [0.1, 0.15) is 6.42 Å². The van der Waals surface area contributed by atoms with E-state index < -0.39 is 0 Å². The SMILES string of the molecule is CN1CC=C(n2c(=O)[nH]c3ccccc32)CC1. The van der Waals surface area contributed by atoms with E-state index in [0.717, 1.165) is 36.2 Å². The summed E-state index contributed by atoms with van der Waals surface area (Å²) < 4.78 is 1.79. The molecule has 1 aliphatic heterocycles. The van der Waals surface area contributed by atoms with Crippen LogP contribution in [0.25, 0.3) is 16.7 Å². The molecule has 1 aromatic carbocycles. The minimum Gasteiger partial charge on any atom is -0.305 e. The highest BCUT2D eigenvalue weighted by Gasteiger charge is 2.14. The first-order chi connectivity index (χ1) is 8.25. The van der Waals surface area contributed by atoms with Crippen LogP contribution in [0.15, 0.2) is 35.1 Å². The van der Waals surface area contributed by atoms with Crippen LogP contribution >= 0.6 is 0 Å². The summed E-state index contributed by atoms with van der Waals surface area (Å²) in [5.41, 5.74) is 2.93. The Hall–Kier alpha value is -1.81. The fourth-order valence-electron chi connectivity index (χ4n) is 2.30. The molecule has 0 amide bonds. The first-order valence-electron chi connectivity index (χ1n) is 5.83. The van der Waals surface area contributed by atoms with Gasteiger partial charge in [-0.05, 0) is 19.2 Å². The molecule has 0 bridgehead atoms. The summed E-state index contributed by atoms with van der Waals surface area (Å²) in [6.45, 7) is 1.90. The van der Waals surface area contributed by atoms with Gasteiger partial charge < -0.3 is 9.88 Å². The predicted octanol–water partition coefficient (Wildman–Crippen LogP) is 1.51. The molecule has 0 aliphatic carbocycles. The molecule has 0 spiro atoms. The van der Waals surface area contributed by atoms with Crippen molar-refractivity contribution < 1.29 is 0 Å². The maximum absolute atomic E-state index is 12.0. The Morgan fingerprint density at radius 2 is 2.12 bits per heavy atom. The van der Waals surface area contributed by atoms with E-state index in [0.29, 0.717) is 0 Å². The molecule has 4 heteroatoms. The second-order valence-corrected chi connectivity index (χ2v) is 4.49. The number of hydrogen-bond donors (Lipinski definition) is 1. The van der Waals surface area contributed by atoms with Gasteiger partial charge >= 0.3 is 5.69 Å². The minimum atomic E-state index is -0.0398. The molecule has 2 aromatic rings. The van der Waals surface area contributed by atoms with E-state index in [1.54, 1.807) is 4.57 Å². The zero-order chi connectivity index (χ0) is 11.8. The van der Waals surface area contributed by atoms with E-state index >= 15 is 0 Å². The maximum Gasteiger partial charge on any atom is 0.330 e. The van der Waals surface area contributed by atoms with Gasteiger partial charge in [-0.25, -0.2) is 4.79 Å². The normalized spacial score (nSPS) is 17.4. The number of likely N-dealkylation sites (N-methyl/N-ethyl adjacent to an activating group) is 1. The van der Waals surface area contributed by atoms with Gasteiger partial charge in [-0.1, -0.05) is 18.2 Å². The minimum absolute atomic E-state index is 0.0398. The van der Waals surface area contributed by atoms with Gasteiger partial charge in [0.2, 0.25) is 0 Å². The number of nitrogens with zero attached hydrogens (tertiary/aromatic N) is 2. The Labute approximate surface area is 99.2 Å². The summed E-state index contributed by atoms with van der Waals surface area (Å²) in [6, 6.07) is 7.81. The van der Waals surface area contributed by atoms with Crippen LogP contribution in [0.3, 0.4) is 0 Å². The number of hydrogen-bond acceptors (Lipinski definition) is 2. The van der Waals surface area contributed by atoms with Gasteiger partial charge in [-0.2, -0.15) is 0 Å². The van der Waals surface area contributed by atoms with Crippen molar-refractivity contribution in [2.45, 2.75) is 6.42 Å². The molecule has 1 aromatic heterocycles. The summed E-state index contributed by atoms with van der Waals surface area (Å²) in [4.78, 5) is 17.1. The highest BCUT2D eigenvalue weighted by molar-refractivity contribution is 5.79. The molecule has 17 heavy (non-hydrogen) atoms. The van der Waals surface area contributed by atoms with E-state index in [2.05, 4.69) is 23.0 Å². The lowest BCUT2D eigenvalue weighted by atomic mass is 10.2. The van der Waals surface area contributed by atoms with Crippen LogP contribution in [-0.4, -0.2) is 34.6 Å². The Morgan fingerprint density at radius 3 is 2.88 bits per heavy atom. The molecule has 1 N–H and O–H groups in total. The fraction of sp³-hybridized carbons (Fsp3) is 0.308. The summed E-state index contributed by atoms with van der Waals surface area (Å²) >= 11 is 0. The highest BCUT2D eigenvalue weighted by atomic mass is 16.1. The van der Waals surface area contributed by atoms with E-state index in [9.17, 15) is 4.79 Å². The second-order valence-electron chi connectivity index (χ2n) is 4.49.